The lowest BCUT2D eigenvalue weighted by atomic mass is 10.1. The Morgan fingerprint density at radius 3 is 2.77 bits per heavy atom. The first-order chi connectivity index (χ1) is 6.13. The van der Waals surface area contributed by atoms with Crippen LogP contribution in [0, 0.1) is 5.82 Å². The molecular formula is C8H9FN2O2. The molecule has 0 bridgehead atoms. The molecule has 0 saturated carbocycles. The Morgan fingerprint density at radius 2 is 2.31 bits per heavy atom. The third-order valence-corrected chi connectivity index (χ3v) is 1.54. The smallest absolute Gasteiger partial charge is 0.307 e. The van der Waals surface area contributed by atoms with Gasteiger partial charge in [0.1, 0.15) is 5.82 Å². The number of hydrogen-bond acceptors (Lipinski definition) is 3. The molecule has 1 aromatic rings. The standard InChI is InChI=1S/C8H9FN2O2/c9-6-3-5(4-8(12)13)1-2-7(6)11-10/h1-3,11H,4,10H2,(H,12,13). The van der Waals surface area contributed by atoms with E-state index >= 15 is 0 Å². The van der Waals surface area contributed by atoms with Crippen molar-refractivity contribution in [2.24, 2.45) is 5.84 Å². The second kappa shape index (κ2) is 3.86. The first kappa shape index (κ1) is 9.47. The van der Waals surface area contributed by atoms with E-state index in [1.165, 1.54) is 12.1 Å². The number of hydrogen-bond donors (Lipinski definition) is 3. The molecule has 0 saturated heterocycles. The van der Waals surface area contributed by atoms with Crippen molar-refractivity contribution in [3.63, 3.8) is 0 Å². The number of aliphatic carboxylic acids is 1. The topological polar surface area (TPSA) is 75.3 Å². The fourth-order valence-electron chi connectivity index (χ4n) is 0.960. The SMILES string of the molecule is NNc1ccc(CC(=O)O)cc1F. The second-order valence-corrected chi connectivity index (χ2v) is 2.53. The number of rotatable bonds is 3. The number of carboxylic acids is 1. The molecule has 0 aromatic heterocycles. The Kier molecular flexibility index (Phi) is 2.81. The molecule has 13 heavy (non-hydrogen) atoms. The van der Waals surface area contributed by atoms with E-state index in [0.717, 1.165) is 6.07 Å². The van der Waals surface area contributed by atoms with Gasteiger partial charge in [-0.3, -0.25) is 10.6 Å². The number of nitrogen functional groups attached to an aromatic ring is 1. The van der Waals surface area contributed by atoms with Gasteiger partial charge in [-0.05, 0) is 17.7 Å². The van der Waals surface area contributed by atoms with Crippen LogP contribution >= 0.6 is 0 Å². The van der Waals surface area contributed by atoms with Crippen molar-refractivity contribution in [1.82, 2.24) is 0 Å². The van der Waals surface area contributed by atoms with Crippen molar-refractivity contribution in [2.45, 2.75) is 6.42 Å². The fraction of sp³-hybridized carbons (Fsp3) is 0.125. The Balaban J connectivity index is 2.89. The van der Waals surface area contributed by atoms with E-state index in [0.29, 0.717) is 5.56 Å². The average molecular weight is 184 g/mol. The maximum atomic E-state index is 13.0. The number of carbonyl (C=O) groups is 1. The molecule has 0 radical (unpaired) electrons. The highest BCUT2D eigenvalue weighted by atomic mass is 19.1. The summed E-state index contributed by atoms with van der Waals surface area (Å²) in [6.45, 7) is 0. The number of hydrazine groups is 1. The zero-order valence-electron chi connectivity index (χ0n) is 6.75. The molecule has 0 heterocycles. The normalized spacial score (nSPS) is 9.69. The molecule has 0 aliphatic heterocycles. The Labute approximate surface area is 74.1 Å². The van der Waals surface area contributed by atoms with Gasteiger partial charge < -0.3 is 10.5 Å². The lowest BCUT2D eigenvalue weighted by Crippen LogP contribution is -2.09. The van der Waals surface area contributed by atoms with E-state index in [2.05, 4.69) is 5.43 Å². The summed E-state index contributed by atoms with van der Waals surface area (Å²) in [7, 11) is 0. The maximum absolute atomic E-state index is 13.0. The van der Waals surface area contributed by atoms with Gasteiger partial charge in [0.15, 0.2) is 0 Å². The van der Waals surface area contributed by atoms with Crippen molar-refractivity contribution < 1.29 is 14.3 Å². The van der Waals surface area contributed by atoms with Crippen LogP contribution in [0.4, 0.5) is 10.1 Å². The van der Waals surface area contributed by atoms with Crippen molar-refractivity contribution in [2.75, 3.05) is 5.43 Å². The third-order valence-electron chi connectivity index (χ3n) is 1.54. The lowest BCUT2D eigenvalue weighted by molar-refractivity contribution is -0.136. The molecular weight excluding hydrogens is 175 g/mol. The minimum absolute atomic E-state index is 0.147. The van der Waals surface area contributed by atoms with E-state index in [1.807, 2.05) is 0 Å². The molecule has 4 nitrogen and oxygen atoms in total. The van der Waals surface area contributed by atoms with Gasteiger partial charge in [-0.2, -0.15) is 0 Å². The summed E-state index contributed by atoms with van der Waals surface area (Å²) in [4.78, 5) is 10.3. The molecule has 0 atom stereocenters. The summed E-state index contributed by atoms with van der Waals surface area (Å²) in [6.07, 6.45) is -0.193. The zero-order valence-corrected chi connectivity index (χ0v) is 6.75. The Bertz CT molecular complexity index is 328. The molecule has 0 amide bonds. The first-order valence-corrected chi connectivity index (χ1v) is 3.60. The highest BCUT2D eigenvalue weighted by Crippen LogP contribution is 2.14. The maximum Gasteiger partial charge on any atom is 0.307 e. The quantitative estimate of drug-likeness (QED) is 0.478. The van der Waals surface area contributed by atoms with Gasteiger partial charge in [-0.25, -0.2) is 4.39 Å². The predicted molar refractivity (Wildman–Crippen MR) is 45.5 cm³/mol. The average Bonchev–Trinajstić information content (AvgIpc) is 2.03. The molecule has 0 aliphatic carbocycles. The third kappa shape index (κ3) is 2.41. The summed E-state index contributed by atoms with van der Waals surface area (Å²) in [6, 6.07) is 4.04. The fourth-order valence-corrected chi connectivity index (χ4v) is 0.960. The van der Waals surface area contributed by atoms with Gasteiger partial charge in [0.25, 0.3) is 0 Å². The number of halogens is 1. The van der Waals surface area contributed by atoms with Gasteiger partial charge in [0.05, 0.1) is 12.1 Å². The van der Waals surface area contributed by atoms with Crippen LogP contribution in [0.1, 0.15) is 5.56 Å². The van der Waals surface area contributed by atoms with E-state index in [4.69, 9.17) is 10.9 Å². The molecule has 0 aliphatic rings. The molecule has 5 heteroatoms. The first-order valence-electron chi connectivity index (χ1n) is 3.60. The Morgan fingerprint density at radius 1 is 1.62 bits per heavy atom. The van der Waals surface area contributed by atoms with E-state index in [1.54, 1.807) is 0 Å². The van der Waals surface area contributed by atoms with Crippen molar-refractivity contribution >= 4 is 11.7 Å². The predicted octanol–water partition coefficient (Wildman–Crippen LogP) is 0.738. The van der Waals surface area contributed by atoms with Gasteiger partial charge >= 0.3 is 5.97 Å². The van der Waals surface area contributed by atoms with Crippen LogP contribution in [0.3, 0.4) is 0 Å². The van der Waals surface area contributed by atoms with Crippen LogP contribution in [-0.4, -0.2) is 11.1 Å². The van der Waals surface area contributed by atoms with Crippen LogP contribution in [0.5, 0.6) is 0 Å². The molecule has 0 fully saturated rings. The number of benzene rings is 1. The van der Waals surface area contributed by atoms with Crippen LogP contribution in [0.2, 0.25) is 0 Å². The zero-order chi connectivity index (χ0) is 9.84. The molecule has 1 aromatic carbocycles. The minimum atomic E-state index is -0.993. The van der Waals surface area contributed by atoms with E-state index in [-0.39, 0.29) is 12.1 Å². The number of carboxylic acid groups (broad SMARTS) is 1. The van der Waals surface area contributed by atoms with Gasteiger partial charge in [0.2, 0.25) is 0 Å². The van der Waals surface area contributed by atoms with Crippen LogP contribution < -0.4 is 11.3 Å². The Hall–Kier alpha value is -1.62. The van der Waals surface area contributed by atoms with E-state index in [9.17, 15) is 9.18 Å². The summed E-state index contributed by atoms with van der Waals surface area (Å²) in [5.74, 6) is 3.45. The number of nitrogens with one attached hydrogen (secondary N) is 1. The molecule has 1 rings (SSSR count). The highest BCUT2D eigenvalue weighted by molar-refractivity contribution is 5.70. The van der Waals surface area contributed by atoms with Crippen molar-refractivity contribution in [3.8, 4) is 0 Å². The van der Waals surface area contributed by atoms with E-state index < -0.39 is 11.8 Å². The van der Waals surface area contributed by atoms with Crippen molar-refractivity contribution in [3.05, 3.63) is 29.6 Å². The molecule has 0 unspecified atom stereocenters. The molecule has 70 valence electrons. The van der Waals surface area contributed by atoms with Crippen LogP contribution in [-0.2, 0) is 11.2 Å². The minimum Gasteiger partial charge on any atom is -0.481 e. The van der Waals surface area contributed by atoms with Gasteiger partial charge in [-0.1, -0.05) is 6.07 Å². The van der Waals surface area contributed by atoms with Crippen LogP contribution in [0.15, 0.2) is 18.2 Å². The van der Waals surface area contributed by atoms with Gasteiger partial charge in [-0.15, -0.1) is 0 Å². The van der Waals surface area contributed by atoms with Crippen LogP contribution in [0.25, 0.3) is 0 Å². The number of nitrogens with two attached hydrogens (primary N) is 1. The highest BCUT2D eigenvalue weighted by Gasteiger charge is 2.04. The summed E-state index contributed by atoms with van der Waals surface area (Å²) >= 11 is 0. The second-order valence-electron chi connectivity index (χ2n) is 2.53. The monoisotopic (exact) mass is 184 g/mol. The number of anilines is 1. The summed E-state index contributed by atoms with van der Waals surface area (Å²) in [5, 5.41) is 8.42. The van der Waals surface area contributed by atoms with Gasteiger partial charge in [0, 0.05) is 0 Å². The lowest BCUT2D eigenvalue weighted by Gasteiger charge is -2.03. The molecule has 0 spiro atoms. The summed E-state index contributed by atoms with van der Waals surface area (Å²) in [5.41, 5.74) is 2.71. The molecule has 4 N–H and O–H groups in total. The summed E-state index contributed by atoms with van der Waals surface area (Å²) < 4.78 is 13.0. The largest absolute Gasteiger partial charge is 0.481 e. The van der Waals surface area contributed by atoms with Crippen molar-refractivity contribution in [1.29, 1.82) is 0 Å².